The molecule has 1 unspecified atom stereocenters. The van der Waals surface area contributed by atoms with E-state index in [1.165, 1.54) is 0 Å². The van der Waals surface area contributed by atoms with Crippen LogP contribution in [0.5, 0.6) is 0 Å². The van der Waals surface area contributed by atoms with Crippen LogP contribution in [0.25, 0.3) is 0 Å². The van der Waals surface area contributed by atoms with Crippen molar-refractivity contribution in [2.24, 2.45) is 7.05 Å². The molecule has 0 radical (unpaired) electrons. The van der Waals surface area contributed by atoms with Crippen molar-refractivity contribution in [3.8, 4) is 0 Å². The minimum atomic E-state index is -0.233. The third-order valence-corrected chi connectivity index (χ3v) is 3.92. The van der Waals surface area contributed by atoms with Crippen molar-refractivity contribution in [1.29, 1.82) is 0 Å². The molecule has 1 N–H and O–H groups in total. The zero-order valence-corrected chi connectivity index (χ0v) is 12.1. The molecule has 1 aliphatic rings. The van der Waals surface area contributed by atoms with E-state index in [-0.39, 0.29) is 11.6 Å². The molecule has 1 fully saturated rings. The largest absolute Gasteiger partial charge is 0.381 e. The van der Waals surface area contributed by atoms with E-state index in [4.69, 9.17) is 9.47 Å². The summed E-state index contributed by atoms with van der Waals surface area (Å²) < 4.78 is 13.2. The number of hydrogen-bond donors (Lipinski definition) is 1. The Morgan fingerprint density at radius 1 is 1.53 bits per heavy atom. The Morgan fingerprint density at radius 2 is 2.26 bits per heavy atom. The van der Waals surface area contributed by atoms with Gasteiger partial charge in [0.15, 0.2) is 0 Å². The molecular formula is C13H24N4O2. The Labute approximate surface area is 114 Å². The van der Waals surface area contributed by atoms with Crippen LogP contribution in [-0.4, -0.2) is 47.5 Å². The number of aromatic nitrogens is 3. The van der Waals surface area contributed by atoms with Crippen LogP contribution >= 0.6 is 0 Å². The van der Waals surface area contributed by atoms with Gasteiger partial charge in [-0.25, -0.2) is 0 Å². The van der Waals surface area contributed by atoms with Crippen LogP contribution in [0.1, 0.15) is 37.9 Å². The molecule has 0 bridgehead atoms. The Morgan fingerprint density at radius 3 is 2.79 bits per heavy atom. The number of hydrogen-bond acceptors (Lipinski definition) is 5. The van der Waals surface area contributed by atoms with Gasteiger partial charge in [-0.1, -0.05) is 12.1 Å². The second-order valence-electron chi connectivity index (χ2n) is 5.05. The molecule has 0 aromatic carbocycles. The summed E-state index contributed by atoms with van der Waals surface area (Å²) in [6, 6.07) is 0.0985. The molecule has 1 saturated heterocycles. The van der Waals surface area contributed by atoms with E-state index in [1.807, 2.05) is 17.9 Å². The summed E-state index contributed by atoms with van der Waals surface area (Å²) >= 11 is 0. The van der Waals surface area contributed by atoms with Crippen molar-refractivity contribution < 1.29 is 9.47 Å². The quantitative estimate of drug-likeness (QED) is 0.835. The van der Waals surface area contributed by atoms with Crippen molar-refractivity contribution in [2.45, 2.75) is 37.8 Å². The predicted molar refractivity (Wildman–Crippen MR) is 71.8 cm³/mol. The van der Waals surface area contributed by atoms with Gasteiger partial charge in [0, 0.05) is 40.2 Å². The summed E-state index contributed by atoms with van der Waals surface area (Å²) in [5.74, 6) is 0. The Balaban J connectivity index is 2.27. The van der Waals surface area contributed by atoms with Gasteiger partial charge >= 0.3 is 0 Å². The first kappa shape index (κ1) is 14.4. The Kier molecular flexibility index (Phi) is 4.90. The molecule has 0 spiro atoms. The minimum absolute atomic E-state index is 0.0985. The van der Waals surface area contributed by atoms with Crippen molar-refractivity contribution in [2.75, 3.05) is 26.9 Å². The highest BCUT2D eigenvalue weighted by Gasteiger charge is 2.42. The SMILES string of the molecule is CCCNC(c1cnnn1C)C1(OC)CCOCC1. The highest BCUT2D eigenvalue weighted by Crippen LogP contribution is 2.36. The standard InChI is InChI=1S/C13H24N4O2/c1-4-7-14-12(11-10-15-16-17(11)2)13(18-3)5-8-19-9-6-13/h10,12,14H,4-9H2,1-3H3. The molecule has 2 heterocycles. The van der Waals surface area contributed by atoms with E-state index in [9.17, 15) is 0 Å². The summed E-state index contributed by atoms with van der Waals surface area (Å²) in [5.41, 5.74) is 0.834. The van der Waals surface area contributed by atoms with Crippen molar-refractivity contribution in [1.82, 2.24) is 20.3 Å². The fraction of sp³-hybridized carbons (Fsp3) is 0.846. The van der Waals surface area contributed by atoms with Crippen LogP contribution in [0.15, 0.2) is 6.20 Å². The van der Waals surface area contributed by atoms with E-state index in [2.05, 4.69) is 22.6 Å². The summed E-state index contributed by atoms with van der Waals surface area (Å²) in [7, 11) is 3.71. The van der Waals surface area contributed by atoms with Crippen molar-refractivity contribution in [3.05, 3.63) is 11.9 Å². The van der Waals surface area contributed by atoms with Gasteiger partial charge in [-0.3, -0.25) is 4.68 Å². The van der Waals surface area contributed by atoms with Crippen LogP contribution in [0.2, 0.25) is 0 Å². The fourth-order valence-electron chi connectivity index (χ4n) is 2.74. The molecule has 2 rings (SSSR count). The normalized spacial score (nSPS) is 20.4. The van der Waals surface area contributed by atoms with E-state index < -0.39 is 0 Å². The maximum absolute atomic E-state index is 5.91. The maximum Gasteiger partial charge on any atom is 0.0932 e. The van der Waals surface area contributed by atoms with E-state index >= 15 is 0 Å². The molecule has 108 valence electrons. The first-order valence-corrected chi connectivity index (χ1v) is 6.94. The molecule has 0 amide bonds. The summed E-state index contributed by atoms with van der Waals surface area (Å²) in [6.07, 6.45) is 4.67. The monoisotopic (exact) mass is 268 g/mol. The minimum Gasteiger partial charge on any atom is -0.381 e. The van der Waals surface area contributed by atoms with Gasteiger partial charge in [0.2, 0.25) is 0 Å². The van der Waals surface area contributed by atoms with Crippen LogP contribution in [-0.2, 0) is 16.5 Å². The van der Waals surface area contributed by atoms with Gasteiger partial charge in [-0.05, 0) is 13.0 Å². The first-order chi connectivity index (χ1) is 9.23. The lowest BCUT2D eigenvalue weighted by Gasteiger charge is -2.42. The predicted octanol–water partition coefficient (Wildman–Crippen LogP) is 1.05. The van der Waals surface area contributed by atoms with Gasteiger partial charge < -0.3 is 14.8 Å². The van der Waals surface area contributed by atoms with Gasteiger partial charge in [0.05, 0.1) is 23.5 Å². The van der Waals surface area contributed by atoms with Gasteiger partial charge in [-0.2, -0.15) is 0 Å². The third-order valence-electron chi connectivity index (χ3n) is 3.92. The first-order valence-electron chi connectivity index (χ1n) is 6.94. The maximum atomic E-state index is 5.91. The zero-order valence-electron chi connectivity index (χ0n) is 12.1. The van der Waals surface area contributed by atoms with Crippen molar-refractivity contribution in [3.63, 3.8) is 0 Å². The van der Waals surface area contributed by atoms with Gasteiger partial charge in [0.1, 0.15) is 0 Å². The smallest absolute Gasteiger partial charge is 0.0932 e. The van der Waals surface area contributed by atoms with E-state index in [1.54, 1.807) is 7.11 Å². The fourth-order valence-corrected chi connectivity index (χ4v) is 2.74. The van der Waals surface area contributed by atoms with E-state index in [0.29, 0.717) is 0 Å². The van der Waals surface area contributed by atoms with Crippen molar-refractivity contribution >= 4 is 0 Å². The molecule has 0 aliphatic carbocycles. The molecule has 1 atom stereocenters. The molecule has 6 nitrogen and oxygen atoms in total. The highest BCUT2D eigenvalue weighted by molar-refractivity contribution is 5.11. The lowest BCUT2D eigenvalue weighted by Crippen LogP contribution is -2.50. The molecule has 1 aromatic heterocycles. The Bertz CT molecular complexity index is 388. The average Bonchev–Trinajstić information content (AvgIpc) is 2.86. The third kappa shape index (κ3) is 2.96. The van der Waals surface area contributed by atoms with Gasteiger partial charge in [-0.15, -0.1) is 5.10 Å². The molecular weight excluding hydrogens is 244 g/mol. The topological polar surface area (TPSA) is 61.2 Å². The van der Waals surface area contributed by atoms with Crippen LogP contribution in [0.3, 0.4) is 0 Å². The number of rotatable bonds is 6. The van der Waals surface area contributed by atoms with Crippen LogP contribution in [0, 0.1) is 0 Å². The lowest BCUT2D eigenvalue weighted by atomic mass is 9.84. The molecule has 1 aliphatic heterocycles. The van der Waals surface area contributed by atoms with Crippen LogP contribution in [0.4, 0.5) is 0 Å². The van der Waals surface area contributed by atoms with Gasteiger partial charge in [0.25, 0.3) is 0 Å². The molecule has 19 heavy (non-hydrogen) atoms. The number of ether oxygens (including phenoxy) is 2. The molecule has 6 heteroatoms. The second-order valence-corrected chi connectivity index (χ2v) is 5.05. The number of nitrogens with zero attached hydrogens (tertiary/aromatic N) is 3. The lowest BCUT2D eigenvalue weighted by molar-refractivity contribution is -0.112. The van der Waals surface area contributed by atoms with Crippen LogP contribution < -0.4 is 5.32 Å². The number of nitrogens with one attached hydrogen (secondary N) is 1. The average molecular weight is 268 g/mol. The number of aryl methyl sites for hydroxylation is 1. The van der Waals surface area contributed by atoms with E-state index in [0.717, 1.165) is 44.7 Å². The highest BCUT2D eigenvalue weighted by atomic mass is 16.5. The molecule has 1 aromatic rings. The summed E-state index contributed by atoms with van der Waals surface area (Å²) in [4.78, 5) is 0. The number of methoxy groups -OCH3 is 1. The Hall–Kier alpha value is -0.980. The summed E-state index contributed by atoms with van der Waals surface area (Å²) in [6.45, 7) is 4.59. The molecule has 0 saturated carbocycles. The second kappa shape index (κ2) is 6.45. The summed E-state index contributed by atoms with van der Waals surface area (Å²) in [5, 5.41) is 11.6. The zero-order chi connectivity index (χ0) is 13.7.